The summed E-state index contributed by atoms with van der Waals surface area (Å²) in [6.07, 6.45) is 3.25. The van der Waals surface area contributed by atoms with Crippen LogP contribution in [0.5, 0.6) is 0 Å². The number of urea groups is 1. The average molecular weight is 395 g/mol. The highest BCUT2D eigenvalue weighted by Crippen LogP contribution is 2.38. The van der Waals surface area contributed by atoms with E-state index >= 15 is 0 Å². The molecule has 1 heterocycles. The van der Waals surface area contributed by atoms with Gasteiger partial charge < -0.3 is 10.6 Å². The average Bonchev–Trinajstić information content (AvgIpc) is 2.84. The van der Waals surface area contributed by atoms with Gasteiger partial charge in [0, 0.05) is 12.1 Å². The van der Waals surface area contributed by atoms with Crippen LogP contribution in [0.25, 0.3) is 0 Å². The van der Waals surface area contributed by atoms with Crippen LogP contribution in [-0.4, -0.2) is 39.8 Å². The Kier molecular flexibility index (Phi) is 5.05. The summed E-state index contributed by atoms with van der Waals surface area (Å²) in [6.45, 7) is 1.48. The summed E-state index contributed by atoms with van der Waals surface area (Å²) in [4.78, 5) is 48.5. The second-order valence-electron chi connectivity index (χ2n) is 6.91. The van der Waals surface area contributed by atoms with Gasteiger partial charge in [-0.2, -0.15) is 0 Å². The van der Waals surface area contributed by atoms with Crippen LogP contribution in [0.4, 0.5) is 16.2 Å². The Morgan fingerprint density at radius 1 is 1.44 bits per heavy atom. The number of nitro groups is 1. The number of benzene rings is 1. The number of halogens is 1. The summed E-state index contributed by atoms with van der Waals surface area (Å²) in [5.41, 5.74) is -0.971. The monoisotopic (exact) mass is 394 g/mol. The Morgan fingerprint density at radius 2 is 2.19 bits per heavy atom. The molecule has 0 radical (unpaired) electrons. The van der Waals surface area contributed by atoms with Gasteiger partial charge in [0.15, 0.2) is 0 Å². The first-order chi connectivity index (χ1) is 12.7. The lowest BCUT2D eigenvalue weighted by Gasteiger charge is -2.36. The quantitative estimate of drug-likeness (QED) is 0.462. The van der Waals surface area contributed by atoms with Gasteiger partial charge in [0.1, 0.15) is 12.1 Å². The summed E-state index contributed by atoms with van der Waals surface area (Å²) in [5, 5.41) is 16.0. The van der Waals surface area contributed by atoms with Crippen LogP contribution < -0.4 is 10.6 Å². The van der Waals surface area contributed by atoms with E-state index in [4.69, 9.17) is 11.6 Å². The molecule has 144 valence electrons. The Hall–Kier alpha value is -2.68. The number of non-ortho nitro benzene ring substituents is 1. The number of nitrogens with zero attached hydrogens (tertiary/aromatic N) is 2. The lowest BCUT2D eigenvalue weighted by atomic mass is 9.73. The summed E-state index contributed by atoms with van der Waals surface area (Å²) in [6, 6.07) is 3.03. The van der Waals surface area contributed by atoms with Gasteiger partial charge in [-0.25, -0.2) is 4.79 Å². The lowest BCUT2D eigenvalue weighted by Crippen LogP contribution is -2.54. The molecule has 1 aromatic rings. The summed E-state index contributed by atoms with van der Waals surface area (Å²) >= 11 is 5.95. The van der Waals surface area contributed by atoms with E-state index in [0.29, 0.717) is 6.42 Å². The number of anilines is 1. The van der Waals surface area contributed by atoms with Crippen molar-refractivity contribution in [2.45, 2.75) is 38.1 Å². The molecule has 1 aliphatic carbocycles. The third-order valence-corrected chi connectivity index (χ3v) is 5.55. The van der Waals surface area contributed by atoms with Crippen LogP contribution in [0.15, 0.2) is 18.2 Å². The minimum atomic E-state index is -0.930. The van der Waals surface area contributed by atoms with Crippen LogP contribution in [0.1, 0.15) is 32.6 Å². The van der Waals surface area contributed by atoms with Crippen LogP contribution in [-0.2, 0) is 9.59 Å². The second kappa shape index (κ2) is 7.15. The van der Waals surface area contributed by atoms with Crippen molar-refractivity contribution in [3.05, 3.63) is 33.3 Å². The van der Waals surface area contributed by atoms with E-state index in [1.165, 1.54) is 12.1 Å². The molecule has 10 heteroatoms. The second-order valence-corrected chi connectivity index (χ2v) is 7.32. The largest absolute Gasteiger partial charge is 0.325 e. The molecule has 2 N–H and O–H groups in total. The van der Waals surface area contributed by atoms with Gasteiger partial charge in [0.2, 0.25) is 5.91 Å². The first-order valence-corrected chi connectivity index (χ1v) is 9.00. The number of rotatable bonds is 4. The normalized spacial score (nSPS) is 24.8. The van der Waals surface area contributed by atoms with Gasteiger partial charge in [-0.3, -0.25) is 24.6 Å². The zero-order valence-electron chi connectivity index (χ0n) is 14.7. The molecule has 1 spiro atoms. The molecule has 1 saturated carbocycles. The van der Waals surface area contributed by atoms with Crippen molar-refractivity contribution in [2.24, 2.45) is 5.92 Å². The number of hydrogen-bond donors (Lipinski definition) is 2. The van der Waals surface area contributed by atoms with Crippen molar-refractivity contribution >= 4 is 40.8 Å². The summed E-state index contributed by atoms with van der Waals surface area (Å²) in [7, 11) is 0. The van der Waals surface area contributed by atoms with E-state index in [0.717, 1.165) is 30.2 Å². The zero-order valence-corrected chi connectivity index (χ0v) is 15.4. The van der Waals surface area contributed by atoms with E-state index in [-0.39, 0.29) is 28.2 Å². The van der Waals surface area contributed by atoms with Gasteiger partial charge >= 0.3 is 6.03 Å². The Bertz CT molecular complexity index is 830. The fourth-order valence-corrected chi connectivity index (χ4v) is 3.91. The van der Waals surface area contributed by atoms with Crippen molar-refractivity contribution in [3.8, 4) is 0 Å². The zero-order chi connectivity index (χ0) is 19.8. The minimum absolute atomic E-state index is 0.000113. The highest BCUT2D eigenvalue weighted by molar-refractivity contribution is 6.34. The Labute approximate surface area is 160 Å². The lowest BCUT2D eigenvalue weighted by molar-refractivity contribution is -0.384. The molecule has 4 amide bonds. The van der Waals surface area contributed by atoms with Crippen LogP contribution in [0.2, 0.25) is 5.02 Å². The van der Waals surface area contributed by atoms with Crippen molar-refractivity contribution in [1.82, 2.24) is 10.2 Å². The predicted molar refractivity (Wildman–Crippen MR) is 97.3 cm³/mol. The molecular weight excluding hydrogens is 376 g/mol. The van der Waals surface area contributed by atoms with E-state index in [9.17, 15) is 24.5 Å². The van der Waals surface area contributed by atoms with E-state index < -0.39 is 28.9 Å². The summed E-state index contributed by atoms with van der Waals surface area (Å²) < 4.78 is 0. The fraction of sp³-hybridized carbons (Fsp3) is 0.471. The highest BCUT2D eigenvalue weighted by atomic mass is 35.5. The molecule has 3 rings (SSSR count). The smallest absolute Gasteiger partial charge is 0.323 e. The molecule has 27 heavy (non-hydrogen) atoms. The third kappa shape index (κ3) is 3.46. The predicted octanol–water partition coefficient (Wildman–Crippen LogP) is 2.69. The van der Waals surface area contributed by atoms with Crippen molar-refractivity contribution < 1.29 is 19.3 Å². The Morgan fingerprint density at radius 3 is 2.81 bits per heavy atom. The summed E-state index contributed by atoms with van der Waals surface area (Å²) in [5.74, 6) is -1.00. The standard InChI is InChI=1S/C17H19ClN4O5/c1-10-4-2-3-7-17(10)15(24)21(16(25)20-17)9-14(23)19-13-6-5-11(22(26)27)8-12(13)18/h5-6,8,10H,2-4,7,9H2,1H3,(H,19,23)(H,20,25). The highest BCUT2D eigenvalue weighted by Gasteiger charge is 2.55. The minimum Gasteiger partial charge on any atom is -0.323 e. The van der Waals surface area contributed by atoms with Gasteiger partial charge in [-0.15, -0.1) is 0 Å². The molecule has 2 atom stereocenters. The number of nitrogens with one attached hydrogen (secondary N) is 2. The van der Waals surface area contributed by atoms with Gasteiger partial charge in [-0.05, 0) is 24.8 Å². The number of carbonyl (C=O) groups is 3. The van der Waals surface area contributed by atoms with Gasteiger partial charge in [-0.1, -0.05) is 31.4 Å². The Balaban J connectivity index is 1.70. The number of hydrogen-bond acceptors (Lipinski definition) is 5. The fourth-order valence-electron chi connectivity index (χ4n) is 3.69. The topological polar surface area (TPSA) is 122 Å². The number of imide groups is 1. The van der Waals surface area contributed by atoms with Gasteiger partial charge in [0.05, 0.1) is 15.6 Å². The number of nitro benzene ring substituents is 1. The molecular formula is C17H19ClN4O5. The van der Waals surface area contributed by atoms with Crippen LogP contribution in [0.3, 0.4) is 0 Å². The van der Waals surface area contributed by atoms with E-state index in [2.05, 4.69) is 10.6 Å². The molecule has 0 bridgehead atoms. The first-order valence-electron chi connectivity index (χ1n) is 8.62. The van der Waals surface area contributed by atoms with Crippen LogP contribution in [0, 0.1) is 16.0 Å². The maximum absolute atomic E-state index is 12.8. The maximum Gasteiger partial charge on any atom is 0.325 e. The molecule has 0 aromatic heterocycles. The van der Waals surface area contributed by atoms with Crippen molar-refractivity contribution in [3.63, 3.8) is 0 Å². The van der Waals surface area contributed by atoms with E-state index in [1.807, 2.05) is 6.92 Å². The molecule has 1 saturated heterocycles. The van der Waals surface area contributed by atoms with Gasteiger partial charge in [0.25, 0.3) is 11.6 Å². The molecule has 1 aromatic carbocycles. The molecule has 2 unspecified atom stereocenters. The molecule has 2 aliphatic rings. The number of carbonyl (C=O) groups excluding carboxylic acids is 3. The molecule has 1 aliphatic heterocycles. The van der Waals surface area contributed by atoms with Crippen molar-refractivity contribution in [2.75, 3.05) is 11.9 Å². The first kappa shape index (κ1) is 19.1. The number of amides is 4. The van der Waals surface area contributed by atoms with E-state index in [1.54, 1.807) is 0 Å². The maximum atomic E-state index is 12.8. The SMILES string of the molecule is CC1CCCCC12NC(=O)N(CC(=O)Nc1ccc([N+](=O)[O-])cc1Cl)C2=O. The molecule has 9 nitrogen and oxygen atoms in total. The van der Waals surface area contributed by atoms with Crippen molar-refractivity contribution in [1.29, 1.82) is 0 Å². The molecule has 2 fully saturated rings. The van der Waals surface area contributed by atoms with Crippen LogP contribution >= 0.6 is 11.6 Å². The third-order valence-electron chi connectivity index (χ3n) is 5.24.